The molecule has 126 valence electrons. The summed E-state index contributed by atoms with van der Waals surface area (Å²) in [5.41, 5.74) is 4.46. The lowest BCUT2D eigenvalue weighted by molar-refractivity contribution is 0.0950. The van der Waals surface area contributed by atoms with E-state index in [-0.39, 0.29) is 11.6 Å². The predicted molar refractivity (Wildman–Crippen MR) is 99.9 cm³/mol. The van der Waals surface area contributed by atoms with Gasteiger partial charge in [-0.15, -0.1) is 11.3 Å². The molecular formula is C18H16N4O2S. The summed E-state index contributed by atoms with van der Waals surface area (Å²) < 4.78 is 5.25. The zero-order valence-corrected chi connectivity index (χ0v) is 14.3. The third kappa shape index (κ3) is 4.21. The molecule has 25 heavy (non-hydrogen) atoms. The quantitative estimate of drug-likeness (QED) is 0.526. The molecule has 0 bridgehead atoms. The summed E-state index contributed by atoms with van der Waals surface area (Å²) in [6.07, 6.45) is 5.06. The maximum Gasteiger partial charge on any atom is 0.291 e. The van der Waals surface area contributed by atoms with Gasteiger partial charge in [0.25, 0.3) is 5.91 Å². The van der Waals surface area contributed by atoms with Crippen LogP contribution >= 0.6 is 11.3 Å². The molecule has 0 spiro atoms. The SMILES string of the molecule is COc1ccccc1C=CC=NNC(=O)c1cc(-c2cccs2)[nH]n1. The van der Waals surface area contributed by atoms with E-state index in [2.05, 4.69) is 20.7 Å². The van der Waals surface area contributed by atoms with E-state index in [4.69, 9.17) is 4.74 Å². The first-order valence-corrected chi connectivity index (χ1v) is 8.38. The average Bonchev–Trinajstić information content (AvgIpc) is 3.33. The Hall–Kier alpha value is -3.19. The number of nitrogens with zero attached hydrogens (tertiary/aromatic N) is 2. The van der Waals surface area contributed by atoms with Crippen LogP contribution in [0.15, 0.2) is 59.0 Å². The second-order valence-corrected chi connectivity index (χ2v) is 5.91. The number of methoxy groups -OCH3 is 1. The number of ether oxygens (including phenoxy) is 1. The fraction of sp³-hybridized carbons (Fsp3) is 0.0556. The molecule has 0 aliphatic rings. The van der Waals surface area contributed by atoms with Crippen LogP contribution in [0.4, 0.5) is 0 Å². The smallest absolute Gasteiger partial charge is 0.291 e. The lowest BCUT2D eigenvalue weighted by Gasteiger charge is -2.02. The first-order chi connectivity index (χ1) is 12.3. The van der Waals surface area contributed by atoms with Gasteiger partial charge in [0, 0.05) is 11.8 Å². The van der Waals surface area contributed by atoms with Gasteiger partial charge in [-0.05, 0) is 35.7 Å². The molecule has 0 aliphatic heterocycles. The number of carbonyl (C=O) groups is 1. The van der Waals surface area contributed by atoms with Crippen molar-refractivity contribution in [1.82, 2.24) is 15.6 Å². The summed E-state index contributed by atoms with van der Waals surface area (Å²) >= 11 is 1.57. The van der Waals surface area contributed by atoms with E-state index in [9.17, 15) is 4.79 Å². The Morgan fingerprint density at radius 3 is 3.00 bits per heavy atom. The molecule has 1 amide bonds. The van der Waals surface area contributed by atoms with Crippen molar-refractivity contribution in [3.63, 3.8) is 0 Å². The zero-order chi connectivity index (χ0) is 17.5. The molecule has 1 aromatic carbocycles. The molecule has 0 fully saturated rings. The first-order valence-electron chi connectivity index (χ1n) is 7.50. The molecule has 3 rings (SSSR count). The summed E-state index contributed by atoms with van der Waals surface area (Å²) in [5.74, 6) is 0.398. The first kappa shape index (κ1) is 16.7. The number of aromatic nitrogens is 2. The Morgan fingerprint density at radius 1 is 1.32 bits per heavy atom. The standard InChI is InChI=1S/C18H16N4O2S/c1-24-16-8-3-2-6-13(16)7-4-10-19-22-18(23)15-12-14(20-21-15)17-9-5-11-25-17/h2-12H,1H3,(H,20,21)(H,22,23). The van der Waals surface area contributed by atoms with Gasteiger partial charge in [0.2, 0.25) is 0 Å². The van der Waals surface area contributed by atoms with Crippen molar-refractivity contribution in [2.45, 2.75) is 0 Å². The van der Waals surface area contributed by atoms with Crippen molar-refractivity contribution in [3.8, 4) is 16.3 Å². The average molecular weight is 352 g/mol. The molecule has 0 saturated carbocycles. The number of amides is 1. The number of hydrogen-bond acceptors (Lipinski definition) is 5. The number of rotatable bonds is 6. The van der Waals surface area contributed by atoms with Gasteiger partial charge >= 0.3 is 0 Å². The summed E-state index contributed by atoms with van der Waals surface area (Å²) in [4.78, 5) is 13.0. The number of H-pyrrole nitrogens is 1. The van der Waals surface area contributed by atoms with Gasteiger partial charge in [-0.2, -0.15) is 10.2 Å². The normalized spacial score (nSPS) is 11.2. The van der Waals surface area contributed by atoms with E-state index < -0.39 is 0 Å². The monoisotopic (exact) mass is 352 g/mol. The van der Waals surface area contributed by atoms with E-state index in [1.807, 2.05) is 47.9 Å². The van der Waals surface area contributed by atoms with E-state index in [0.29, 0.717) is 0 Å². The maximum absolute atomic E-state index is 12.0. The van der Waals surface area contributed by atoms with Gasteiger partial charge in [0.15, 0.2) is 5.69 Å². The number of benzene rings is 1. The van der Waals surface area contributed by atoms with E-state index in [0.717, 1.165) is 21.9 Å². The summed E-state index contributed by atoms with van der Waals surface area (Å²) in [6, 6.07) is 13.2. The van der Waals surface area contributed by atoms with Crippen LogP contribution in [0.5, 0.6) is 5.75 Å². The minimum Gasteiger partial charge on any atom is -0.496 e. The number of thiophene rings is 1. The van der Waals surface area contributed by atoms with Crippen LogP contribution in [-0.4, -0.2) is 29.4 Å². The highest BCUT2D eigenvalue weighted by atomic mass is 32.1. The zero-order valence-electron chi connectivity index (χ0n) is 13.5. The number of carbonyl (C=O) groups excluding carboxylic acids is 1. The van der Waals surface area contributed by atoms with Crippen LogP contribution in [0.25, 0.3) is 16.6 Å². The maximum atomic E-state index is 12.0. The number of aromatic amines is 1. The summed E-state index contributed by atoms with van der Waals surface area (Å²) in [5, 5.41) is 12.7. The summed E-state index contributed by atoms with van der Waals surface area (Å²) in [6.45, 7) is 0. The molecule has 0 saturated heterocycles. The van der Waals surface area contributed by atoms with Crippen LogP contribution < -0.4 is 10.2 Å². The predicted octanol–water partition coefficient (Wildman–Crippen LogP) is 3.58. The van der Waals surface area contributed by atoms with Crippen molar-refractivity contribution in [1.29, 1.82) is 0 Å². The van der Waals surface area contributed by atoms with Crippen LogP contribution in [0.1, 0.15) is 16.1 Å². The molecule has 0 unspecified atom stereocenters. The molecule has 6 nitrogen and oxygen atoms in total. The third-order valence-electron chi connectivity index (χ3n) is 3.34. The number of nitrogens with one attached hydrogen (secondary N) is 2. The van der Waals surface area contributed by atoms with Crippen LogP contribution in [0, 0.1) is 0 Å². The Labute approximate surface area is 148 Å². The lowest BCUT2D eigenvalue weighted by atomic mass is 10.2. The molecule has 7 heteroatoms. The number of allylic oxidation sites excluding steroid dienone is 1. The minimum absolute atomic E-state index is 0.286. The van der Waals surface area contributed by atoms with E-state index in [1.165, 1.54) is 6.21 Å². The molecule has 2 aromatic heterocycles. The van der Waals surface area contributed by atoms with Crippen LogP contribution in [0.3, 0.4) is 0 Å². The number of hydrazone groups is 1. The third-order valence-corrected chi connectivity index (χ3v) is 4.24. The van der Waals surface area contributed by atoms with E-state index >= 15 is 0 Å². The Morgan fingerprint density at radius 2 is 2.20 bits per heavy atom. The highest BCUT2D eigenvalue weighted by Gasteiger charge is 2.10. The second-order valence-electron chi connectivity index (χ2n) is 4.96. The molecule has 0 aliphatic carbocycles. The van der Waals surface area contributed by atoms with E-state index in [1.54, 1.807) is 30.6 Å². The van der Waals surface area contributed by atoms with Gasteiger partial charge in [-0.1, -0.05) is 24.3 Å². The van der Waals surface area contributed by atoms with Crippen molar-refractivity contribution in [3.05, 3.63) is 65.2 Å². The van der Waals surface area contributed by atoms with Gasteiger partial charge in [-0.3, -0.25) is 9.89 Å². The molecular weight excluding hydrogens is 336 g/mol. The molecule has 2 heterocycles. The van der Waals surface area contributed by atoms with Gasteiger partial charge < -0.3 is 4.74 Å². The van der Waals surface area contributed by atoms with Crippen molar-refractivity contribution >= 4 is 29.5 Å². The fourth-order valence-corrected chi connectivity index (χ4v) is 2.84. The van der Waals surface area contributed by atoms with Gasteiger partial charge in [-0.25, -0.2) is 5.43 Å². The van der Waals surface area contributed by atoms with Gasteiger partial charge in [0.1, 0.15) is 5.75 Å². The lowest BCUT2D eigenvalue weighted by Crippen LogP contribution is -2.17. The van der Waals surface area contributed by atoms with Crippen molar-refractivity contribution < 1.29 is 9.53 Å². The molecule has 3 aromatic rings. The second kappa shape index (κ2) is 8.07. The Balaban J connectivity index is 1.57. The Kier molecular flexibility index (Phi) is 5.38. The number of hydrogen-bond donors (Lipinski definition) is 2. The largest absolute Gasteiger partial charge is 0.496 e. The minimum atomic E-state index is -0.374. The van der Waals surface area contributed by atoms with Crippen molar-refractivity contribution in [2.75, 3.05) is 7.11 Å². The highest BCUT2D eigenvalue weighted by molar-refractivity contribution is 7.13. The van der Waals surface area contributed by atoms with Crippen LogP contribution in [-0.2, 0) is 0 Å². The number of para-hydroxylation sites is 1. The van der Waals surface area contributed by atoms with Crippen LogP contribution in [0.2, 0.25) is 0 Å². The highest BCUT2D eigenvalue weighted by Crippen LogP contribution is 2.22. The summed E-state index contributed by atoms with van der Waals surface area (Å²) in [7, 11) is 1.62. The topological polar surface area (TPSA) is 79.4 Å². The fourth-order valence-electron chi connectivity index (χ4n) is 2.14. The molecule has 0 atom stereocenters. The molecule has 0 radical (unpaired) electrons. The van der Waals surface area contributed by atoms with Crippen molar-refractivity contribution in [2.24, 2.45) is 5.10 Å². The van der Waals surface area contributed by atoms with Gasteiger partial charge in [0.05, 0.1) is 17.7 Å². The Bertz CT molecular complexity index is 897. The molecule has 2 N–H and O–H groups in total.